The van der Waals surface area contributed by atoms with Crippen molar-refractivity contribution in [2.75, 3.05) is 6.61 Å². The molecule has 0 unspecified atom stereocenters. The van der Waals surface area contributed by atoms with Crippen LogP contribution < -0.4 is 0 Å². The summed E-state index contributed by atoms with van der Waals surface area (Å²) in [6, 6.07) is 8.19. The van der Waals surface area contributed by atoms with Gasteiger partial charge in [0.2, 0.25) is 0 Å². The van der Waals surface area contributed by atoms with Crippen molar-refractivity contribution in [1.82, 2.24) is 4.57 Å². The highest BCUT2D eigenvalue weighted by Crippen LogP contribution is 2.30. The lowest BCUT2D eigenvalue weighted by atomic mass is 10.2. The monoisotopic (exact) mass is 321 g/mol. The Balaban J connectivity index is 2.26. The van der Waals surface area contributed by atoms with E-state index in [0.29, 0.717) is 13.2 Å². The first-order chi connectivity index (χ1) is 9.15. The lowest BCUT2D eigenvalue weighted by molar-refractivity contribution is -0.137. The number of carbonyl (C=O) groups is 1. The lowest BCUT2D eigenvalue weighted by Crippen LogP contribution is -2.01. The maximum Gasteiger partial charge on any atom is 0.330 e. The molecule has 1 aromatic heterocycles. The number of aromatic nitrogens is 1. The fourth-order valence-corrected chi connectivity index (χ4v) is 2.62. The summed E-state index contributed by atoms with van der Waals surface area (Å²) in [5.41, 5.74) is 2.30. The number of hydrogen-bond acceptors (Lipinski definition) is 2. The number of fused-ring (bicyclic) bond motifs is 1. The van der Waals surface area contributed by atoms with Gasteiger partial charge in [0.05, 0.1) is 6.61 Å². The Bertz CT molecular complexity index is 628. The number of nitrogens with zero attached hydrogens (tertiary/aromatic N) is 1. The van der Waals surface area contributed by atoms with E-state index in [1.54, 1.807) is 6.92 Å². The highest BCUT2D eigenvalue weighted by Gasteiger charge is 2.10. The third-order valence-electron chi connectivity index (χ3n) is 2.98. The first-order valence-corrected chi connectivity index (χ1v) is 7.01. The lowest BCUT2D eigenvalue weighted by Gasteiger charge is -2.04. The van der Waals surface area contributed by atoms with E-state index in [-0.39, 0.29) is 5.97 Å². The maximum atomic E-state index is 11.3. The first-order valence-electron chi connectivity index (χ1n) is 6.21. The van der Waals surface area contributed by atoms with Crippen molar-refractivity contribution >= 4 is 32.8 Å². The highest BCUT2D eigenvalue weighted by atomic mass is 79.9. The van der Waals surface area contributed by atoms with E-state index in [4.69, 9.17) is 4.74 Å². The minimum absolute atomic E-state index is 0.296. The van der Waals surface area contributed by atoms with Gasteiger partial charge in [-0.05, 0) is 35.8 Å². The van der Waals surface area contributed by atoms with E-state index >= 15 is 0 Å². The van der Waals surface area contributed by atoms with Crippen molar-refractivity contribution in [3.63, 3.8) is 0 Å². The third kappa shape index (κ3) is 2.89. The van der Waals surface area contributed by atoms with Gasteiger partial charge in [-0.3, -0.25) is 0 Å². The summed E-state index contributed by atoms with van der Waals surface area (Å²) in [4.78, 5) is 11.3. The van der Waals surface area contributed by atoms with Crippen molar-refractivity contribution in [1.29, 1.82) is 0 Å². The number of allylic oxidation sites excluding steroid dienone is 1. The van der Waals surface area contributed by atoms with Crippen LogP contribution in [0.25, 0.3) is 10.9 Å². The Labute approximate surface area is 121 Å². The molecule has 1 aromatic carbocycles. The highest BCUT2D eigenvalue weighted by molar-refractivity contribution is 9.10. The van der Waals surface area contributed by atoms with E-state index < -0.39 is 0 Å². The van der Waals surface area contributed by atoms with Crippen molar-refractivity contribution in [2.24, 2.45) is 0 Å². The van der Waals surface area contributed by atoms with Crippen LogP contribution in [0.1, 0.15) is 12.6 Å². The predicted octanol–water partition coefficient (Wildman–Crippen LogP) is 3.83. The zero-order chi connectivity index (χ0) is 13.8. The molecule has 0 saturated carbocycles. The van der Waals surface area contributed by atoms with E-state index in [2.05, 4.69) is 39.6 Å². The van der Waals surface area contributed by atoms with Crippen LogP contribution in [0.4, 0.5) is 0 Å². The second-order valence-corrected chi connectivity index (χ2v) is 4.97. The molecular weight excluding hydrogens is 306 g/mol. The SMILES string of the molecule is CCOC(=O)/C=C/Cn1c(C)c(Br)c2ccccc21. The van der Waals surface area contributed by atoms with Gasteiger partial charge in [0.15, 0.2) is 0 Å². The summed E-state index contributed by atoms with van der Waals surface area (Å²) < 4.78 is 8.12. The summed E-state index contributed by atoms with van der Waals surface area (Å²) in [6.07, 6.45) is 3.30. The van der Waals surface area contributed by atoms with Crippen LogP contribution in [0.3, 0.4) is 0 Å². The summed E-state index contributed by atoms with van der Waals surface area (Å²) in [5.74, 6) is -0.296. The van der Waals surface area contributed by atoms with Gasteiger partial charge in [0.1, 0.15) is 0 Å². The van der Waals surface area contributed by atoms with Crippen LogP contribution in [-0.4, -0.2) is 17.1 Å². The Morgan fingerprint density at radius 1 is 1.42 bits per heavy atom. The molecule has 4 heteroatoms. The van der Waals surface area contributed by atoms with Crippen molar-refractivity contribution in [2.45, 2.75) is 20.4 Å². The Morgan fingerprint density at radius 3 is 2.89 bits per heavy atom. The number of rotatable bonds is 4. The molecule has 0 aliphatic carbocycles. The van der Waals surface area contributed by atoms with Crippen LogP contribution in [0.5, 0.6) is 0 Å². The summed E-state index contributed by atoms with van der Waals surface area (Å²) >= 11 is 3.61. The van der Waals surface area contributed by atoms with Gasteiger partial charge in [-0.25, -0.2) is 4.79 Å². The van der Waals surface area contributed by atoms with Crippen molar-refractivity contribution in [3.05, 3.63) is 46.6 Å². The fourth-order valence-electron chi connectivity index (χ4n) is 2.07. The van der Waals surface area contributed by atoms with Gasteiger partial charge >= 0.3 is 5.97 Å². The van der Waals surface area contributed by atoms with Gasteiger partial charge in [-0.15, -0.1) is 0 Å². The molecule has 0 fully saturated rings. The largest absolute Gasteiger partial charge is 0.463 e. The summed E-state index contributed by atoms with van der Waals surface area (Å²) in [5, 5.41) is 1.18. The van der Waals surface area contributed by atoms with E-state index in [1.807, 2.05) is 18.2 Å². The Kier molecular flexibility index (Phi) is 4.43. The third-order valence-corrected chi connectivity index (χ3v) is 3.98. The predicted molar refractivity (Wildman–Crippen MR) is 80.1 cm³/mol. The van der Waals surface area contributed by atoms with Crippen molar-refractivity contribution < 1.29 is 9.53 Å². The molecule has 0 N–H and O–H groups in total. The molecule has 0 aliphatic rings. The average molecular weight is 322 g/mol. The van der Waals surface area contributed by atoms with Crippen LogP contribution >= 0.6 is 15.9 Å². The standard InChI is InChI=1S/C15H16BrNO2/c1-3-19-14(18)9-6-10-17-11(2)15(16)12-7-4-5-8-13(12)17/h4-9H,3,10H2,1-2H3/b9-6+. The van der Waals surface area contributed by atoms with E-state index in [1.165, 1.54) is 11.5 Å². The topological polar surface area (TPSA) is 31.2 Å². The summed E-state index contributed by atoms with van der Waals surface area (Å²) in [7, 11) is 0. The molecular formula is C15H16BrNO2. The average Bonchev–Trinajstić information content (AvgIpc) is 2.65. The van der Waals surface area contributed by atoms with E-state index in [9.17, 15) is 4.79 Å². The van der Waals surface area contributed by atoms with Crippen LogP contribution in [0, 0.1) is 6.92 Å². The van der Waals surface area contributed by atoms with Gasteiger partial charge in [0.25, 0.3) is 0 Å². The molecule has 0 bridgehead atoms. The molecule has 0 saturated heterocycles. The zero-order valence-corrected chi connectivity index (χ0v) is 12.6. The number of benzene rings is 1. The number of carbonyl (C=O) groups excluding carboxylic acids is 1. The molecule has 19 heavy (non-hydrogen) atoms. The molecule has 0 atom stereocenters. The zero-order valence-electron chi connectivity index (χ0n) is 11.0. The van der Waals surface area contributed by atoms with Crippen molar-refractivity contribution in [3.8, 4) is 0 Å². The molecule has 3 nitrogen and oxygen atoms in total. The molecule has 1 heterocycles. The number of halogens is 1. The smallest absolute Gasteiger partial charge is 0.330 e. The van der Waals surface area contributed by atoms with Crippen LogP contribution in [0.2, 0.25) is 0 Å². The number of para-hydroxylation sites is 1. The molecule has 0 amide bonds. The second-order valence-electron chi connectivity index (χ2n) is 4.18. The van der Waals surface area contributed by atoms with Gasteiger partial charge in [-0.1, -0.05) is 24.3 Å². The quantitative estimate of drug-likeness (QED) is 0.633. The summed E-state index contributed by atoms with van der Waals surface area (Å²) in [6.45, 7) is 4.91. The number of esters is 1. The number of ether oxygens (including phenoxy) is 1. The fraction of sp³-hybridized carbons (Fsp3) is 0.267. The molecule has 0 spiro atoms. The van der Waals surface area contributed by atoms with E-state index in [0.717, 1.165) is 15.7 Å². The van der Waals surface area contributed by atoms with Gasteiger partial charge in [0, 0.05) is 33.7 Å². The van der Waals surface area contributed by atoms with Gasteiger partial charge < -0.3 is 9.30 Å². The Hall–Kier alpha value is -1.55. The molecule has 2 aromatic rings. The van der Waals surface area contributed by atoms with Crippen LogP contribution in [-0.2, 0) is 16.1 Å². The molecule has 0 aliphatic heterocycles. The number of hydrogen-bond donors (Lipinski definition) is 0. The minimum Gasteiger partial charge on any atom is -0.463 e. The normalized spacial score (nSPS) is 11.3. The molecule has 100 valence electrons. The molecule has 2 rings (SSSR count). The Morgan fingerprint density at radius 2 is 2.16 bits per heavy atom. The second kappa shape index (κ2) is 6.06. The minimum atomic E-state index is -0.296. The van der Waals surface area contributed by atoms with Gasteiger partial charge in [-0.2, -0.15) is 0 Å². The van der Waals surface area contributed by atoms with Crippen LogP contribution in [0.15, 0.2) is 40.9 Å². The maximum absolute atomic E-state index is 11.3. The first kappa shape index (κ1) is 13.9. The molecule has 0 radical (unpaired) electrons.